The summed E-state index contributed by atoms with van der Waals surface area (Å²) in [6.45, 7) is 2.46. The van der Waals surface area contributed by atoms with Crippen LogP contribution in [0.15, 0.2) is 24.3 Å². The highest BCUT2D eigenvalue weighted by Crippen LogP contribution is 2.23. The standard InChI is InChI=1S/C17H24F3N3O/c1-2-23(12-17(18,19)20)16(24)14-6-4-8-22(11-14)10-13-5-3-7-15(21)9-13/h3,5,7,9,14H,2,4,6,8,10-12,21H2,1H3. The van der Waals surface area contributed by atoms with E-state index in [1.54, 1.807) is 6.92 Å². The van der Waals surface area contributed by atoms with Crippen molar-refractivity contribution in [1.29, 1.82) is 0 Å². The molecule has 24 heavy (non-hydrogen) atoms. The van der Waals surface area contributed by atoms with Gasteiger partial charge in [-0.15, -0.1) is 0 Å². The van der Waals surface area contributed by atoms with E-state index >= 15 is 0 Å². The summed E-state index contributed by atoms with van der Waals surface area (Å²) < 4.78 is 37.8. The molecule has 0 aliphatic carbocycles. The van der Waals surface area contributed by atoms with Gasteiger partial charge in [0.2, 0.25) is 5.91 Å². The van der Waals surface area contributed by atoms with Crippen molar-refractivity contribution in [3.8, 4) is 0 Å². The zero-order chi connectivity index (χ0) is 17.7. The van der Waals surface area contributed by atoms with Crippen LogP contribution in [0.2, 0.25) is 0 Å². The summed E-state index contributed by atoms with van der Waals surface area (Å²) in [7, 11) is 0. The molecule has 0 bridgehead atoms. The second-order valence-corrected chi connectivity index (χ2v) is 6.29. The number of piperidine rings is 1. The zero-order valence-electron chi connectivity index (χ0n) is 13.9. The first-order valence-electron chi connectivity index (χ1n) is 8.21. The molecule has 1 atom stereocenters. The lowest BCUT2D eigenvalue weighted by Gasteiger charge is -2.35. The van der Waals surface area contributed by atoms with Gasteiger partial charge in [0.05, 0.1) is 5.92 Å². The largest absolute Gasteiger partial charge is 0.406 e. The van der Waals surface area contributed by atoms with Crippen molar-refractivity contribution in [2.24, 2.45) is 5.92 Å². The molecule has 134 valence electrons. The second kappa shape index (κ2) is 7.88. The van der Waals surface area contributed by atoms with Crippen molar-refractivity contribution in [2.75, 3.05) is 31.9 Å². The van der Waals surface area contributed by atoms with Gasteiger partial charge in [0.15, 0.2) is 0 Å². The molecule has 0 spiro atoms. The number of rotatable bonds is 5. The first-order chi connectivity index (χ1) is 11.3. The van der Waals surface area contributed by atoms with Gasteiger partial charge < -0.3 is 10.6 Å². The highest BCUT2D eigenvalue weighted by Gasteiger charge is 2.35. The lowest BCUT2D eigenvalue weighted by atomic mass is 9.96. The van der Waals surface area contributed by atoms with Crippen molar-refractivity contribution < 1.29 is 18.0 Å². The summed E-state index contributed by atoms with van der Waals surface area (Å²) in [5, 5.41) is 0. The molecule has 0 radical (unpaired) electrons. The number of alkyl halides is 3. The topological polar surface area (TPSA) is 49.6 Å². The molecule has 0 aromatic heterocycles. The molecule has 1 fully saturated rings. The number of likely N-dealkylation sites (tertiary alicyclic amines) is 1. The minimum absolute atomic E-state index is 0.0735. The van der Waals surface area contributed by atoms with Crippen molar-refractivity contribution in [2.45, 2.75) is 32.5 Å². The maximum atomic E-state index is 12.6. The van der Waals surface area contributed by atoms with E-state index in [2.05, 4.69) is 4.90 Å². The van der Waals surface area contributed by atoms with Gasteiger partial charge in [0, 0.05) is 25.3 Å². The zero-order valence-corrected chi connectivity index (χ0v) is 13.9. The summed E-state index contributed by atoms with van der Waals surface area (Å²) >= 11 is 0. The van der Waals surface area contributed by atoms with Gasteiger partial charge in [0.25, 0.3) is 0 Å². The smallest absolute Gasteiger partial charge is 0.399 e. The number of halogens is 3. The first-order valence-corrected chi connectivity index (χ1v) is 8.21. The molecule has 1 unspecified atom stereocenters. The Labute approximate surface area is 140 Å². The second-order valence-electron chi connectivity index (χ2n) is 6.29. The molecule has 0 saturated carbocycles. The predicted octanol–water partition coefficient (Wildman–Crippen LogP) is 2.89. The van der Waals surface area contributed by atoms with Crippen LogP contribution < -0.4 is 5.73 Å². The third-order valence-corrected chi connectivity index (χ3v) is 4.28. The fourth-order valence-corrected chi connectivity index (χ4v) is 3.17. The molecule has 1 aliphatic heterocycles. The molecule has 1 aliphatic rings. The Morgan fingerprint density at radius 1 is 1.42 bits per heavy atom. The fraction of sp³-hybridized carbons (Fsp3) is 0.588. The van der Waals surface area contributed by atoms with Crippen LogP contribution in [0.4, 0.5) is 18.9 Å². The molecule has 1 heterocycles. The van der Waals surface area contributed by atoms with Gasteiger partial charge in [-0.25, -0.2) is 0 Å². The molecular formula is C17H24F3N3O. The summed E-state index contributed by atoms with van der Waals surface area (Å²) in [5.74, 6) is -0.769. The van der Waals surface area contributed by atoms with Crippen molar-refractivity contribution in [3.63, 3.8) is 0 Å². The average Bonchev–Trinajstić information content (AvgIpc) is 2.51. The Morgan fingerprint density at radius 3 is 2.79 bits per heavy atom. The average molecular weight is 343 g/mol. The highest BCUT2D eigenvalue weighted by molar-refractivity contribution is 5.79. The molecule has 1 aromatic carbocycles. The van der Waals surface area contributed by atoms with E-state index in [4.69, 9.17) is 5.73 Å². The molecule has 2 rings (SSSR count). The number of carbonyl (C=O) groups excluding carboxylic acids is 1. The minimum Gasteiger partial charge on any atom is -0.399 e. The Bertz CT molecular complexity index is 562. The predicted molar refractivity (Wildman–Crippen MR) is 87.2 cm³/mol. The maximum Gasteiger partial charge on any atom is 0.406 e. The van der Waals surface area contributed by atoms with Gasteiger partial charge in [-0.1, -0.05) is 12.1 Å². The number of amides is 1. The van der Waals surface area contributed by atoms with E-state index in [1.807, 2.05) is 24.3 Å². The van der Waals surface area contributed by atoms with Gasteiger partial charge in [-0.3, -0.25) is 9.69 Å². The van der Waals surface area contributed by atoms with Crippen LogP contribution in [0, 0.1) is 5.92 Å². The molecule has 7 heteroatoms. The number of anilines is 1. The van der Waals surface area contributed by atoms with Crippen LogP contribution in [0.3, 0.4) is 0 Å². The molecule has 1 aromatic rings. The van der Waals surface area contributed by atoms with Crippen LogP contribution in [-0.4, -0.2) is 48.1 Å². The van der Waals surface area contributed by atoms with E-state index in [1.165, 1.54) is 0 Å². The number of hydrogen-bond acceptors (Lipinski definition) is 3. The SMILES string of the molecule is CCN(CC(F)(F)F)C(=O)C1CCCN(Cc2cccc(N)c2)C1. The molecular weight excluding hydrogens is 319 g/mol. The van der Waals surface area contributed by atoms with Gasteiger partial charge in [-0.2, -0.15) is 13.2 Å². The molecule has 1 amide bonds. The van der Waals surface area contributed by atoms with Gasteiger partial charge in [0.1, 0.15) is 6.54 Å². The maximum absolute atomic E-state index is 12.6. The Balaban J connectivity index is 1.97. The number of nitrogen functional groups attached to an aromatic ring is 1. The number of benzene rings is 1. The van der Waals surface area contributed by atoms with E-state index in [0.717, 1.165) is 23.4 Å². The van der Waals surface area contributed by atoms with Gasteiger partial charge in [-0.05, 0) is 44.0 Å². The Morgan fingerprint density at radius 2 is 2.17 bits per heavy atom. The van der Waals surface area contributed by atoms with Crippen LogP contribution in [-0.2, 0) is 11.3 Å². The molecule has 2 N–H and O–H groups in total. The van der Waals surface area contributed by atoms with Crippen LogP contribution >= 0.6 is 0 Å². The van der Waals surface area contributed by atoms with E-state index in [0.29, 0.717) is 25.2 Å². The monoisotopic (exact) mass is 343 g/mol. The van der Waals surface area contributed by atoms with Gasteiger partial charge >= 0.3 is 6.18 Å². The molecule has 1 saturated heterocycles. The third-order valence-electron chi connectivity index (χ3n) is 4.28. The van der Waals surface area contributed by atoms with Crippen molar-refractivity contribution in [3.05, 3.63) is 29.8 Å². The van der Waals surface area contributed by atoms with Crippen LogP contribution in [0.25, 0.3) is 0 Å². The highest BCUT2D eigenvalue weighted by atomic mass is 19.4. The summed E-state index contributed by atoms with van der Waals surface area (Å²) in [4.78, 5) is 15.5. The van der Waals surface area contributed by atoms with Crippen LogP contribution in [0.1, 0.15) is 25.3 Å². The summed E-state index contributed by atoms with van der Waals surface area (Å²) in [6, 6.07) is 7.53. The number of hydrogen-bond donors (Lipinski definition) is 1. The normalized spacial score (nSPS) is 19.2. The van der Waals surface area contributed by atoms with E-state index in [9.17, 15) is 18.0 Å². The lowest BCUT2D eigenvalue weighted by Crippen LogP contribution is -2.47. The van der Waals surface area contributed by atoms with E-state index in [-0.39, 0.29) is 12.5 Å². The quantitative estimate of drug-likeness (QED) is 0.837. The number of nitrogens with two attached hydrogens (primary N) is 1. The Hall–Kier alpha value is -1.76. The first kappa shape index (κ1) is 18.6. The van der Waals surface area contributed by atoms with Crippen molar-refractivity contribution >= 4 is 11.6 Å². The van der Waals surface area contributed by atoms with E-state index < -0.39 is 18.6 Å². The fourth-order valence-electron chi connectivity index (χ4n) is 3.17. The number of nitrogens with zero attached hydrogens (tertiary/aromatic N) is 2. The Kier molecular flexibility index (Phi) is 6.10. The minimum atomic E-state index is -4.36. The third kappa shape index (κ3) is 5.40. The summed E-state index contributed by atoms with van der Waals surface area (Å²) in [6.07, 6.45) is -2.91. The molecule has 4 nitrogen and oxygen atoms in total. The summed E-state index contributed by atoms with van der Waals surface area (Å²) in [5.41, 5.74) is 7.50. The van der Waals surface area contributed by atoms with Crippen molar-refractivity contribution in [1.82, 2.24) is 9.80 Å². The number of carbonyl (C=O) groups is 1. The van der Waals surface area contributed by atoms with Crippen LogP contribution in [0.5, 0.6) is 0 Å². The lowest BCUT2D eigenvalue weighted by molar-refractivity contribution is -0.164.